The Morgan fingerprint density at radius 1 is 1.38 bits per heavy atom. The molecule has 0 aromatic heterocycles. The van der Waals surface area contributed by atoms with Crippen molar-refractivity contribution in [1.82, 2.24) is 0 Å². The van der Waals surface area contributed by atoms with Crippen LogP contribution in [0.3, 0.4) is 0 Å². The lowest BCUT2D eigenvalue weighted by Gasteiger charge is -2.05. The summed E-state index contributed by atoms with van der Waals surface area (Å²) in [6.45, 7) is 3.68. The number of Topliss-reactive ketones (excluding diaryl/α,β-unsaturated/α-hetero) is 2. The van der Waals surface area contributed by atoms with Crippen LogP contribution in [0.1, 0.15) is 26.7 Å². The van der Waals surface area contributed by atoms with Gasteiger partial charge in [0.25, 0.3) is 0 Å². The van der Waals surface area contributed by atoms with Gasteiger partial charge < -0.3 is 13.4 Å². The molecule has 5 heteroatoms. The SMILES string of the molecule is CC(C)C(=O)CCC(=O)C[S-](=P)=S. The number of carbonyl (C=O) groups excluding carboxylic acids is 2. The van der Waals surface area contributed by atoms with E-state index in [4.69, 9.17) is 11.2 Å². The molecule has 0 heterocycles. The maximum Gasteiger partial charge on any atom is 0.135 e. The van der Waals surface area contributed by atoms with Gasteiger partial charge in [0.15, 0.2) is 0 Å². The molecule has 0 spiro atoms. The van der Waals surface area contributed by atoms with E-state index in [-0.39, 0.29) is 17.5 Å². The lowest BCUT2D eigenvalue weighted by Crippen LogP contribution is -2.11. The zero-order chi connectivity index (χ0) is 10.4. The standard InChI is InChI=1S/C8H14O2PS2/c1-6(2)8(10)4-3-7(9)5-13(11)12/h6,11H,3-5H2,1-2H3/q-1. The molecule has 0 aliphatic heterocycles. The molecule has 13 heavy (non-hydrogen) atoms. The number of hydrogen-bond donors (Lipinski definition) is 0. The predicted octanol–water partition coefficient (Wildman–Crippen LogP) is 1.70. The van der Waals surface area contributed by atoms with Crippen LogP contribution in [-0.4, -0.2) is 17.3 Å². The Labute approximate surface area is 87.5 Å². The molecule has 0 rings (SSSR count). The van der Waals surface area contributed by atoms with Crippen LogP contribution in [0.15, 0.2) is 0 Å². The maximum absolute atomic E-state index is 11.1. The van der Waals surface area contributed by atoms with Gasteiger partial charge in [-0.1, -0.05) is 19.6 Å². The Morgan fingerprint density at radius 2 is 1.92 bits per heavy atom. The number of rotatable bonds is 6. The van der Waals surface area contributed by atoms with Gasteiger partial charge in [-0.05, 0) is 0 Å². The fraction of sp³-hybridized carbons (Fsp3) is 0.750. The molecule has 0 saturated heterocycles. The Bertz CT molecular complexity index is 261. The van der Waals surface area contributed by atoms with Gasteiger partial charge >= 0.3 is 0 Å². The fourth-order valence-corrected chi connectivity index (χ4v) is 2.08. The van der Waals surface area contributed by atoms with Crippen LogP contribution in [0.25, 0.3) is 0 Å². The lowest BCUT2D eigenvalue weighted by molar-refractivity contribution is -0.125. The highest BCUT2D eigenvalue weighted by molar-refractivity contribution is 8.39. The zero-order valence-electron chi connectivity index (χ0n) is 7.83. The van der Waals surface area contributed by atoms with E-state index in [1.807, 2.05) is 13.8 Å². The monoisotopic (exact) mass is 237 g/mol. The minimum atomic E-state index is -0.443. The molecule has 0 amide bonds. The Hall–Kier alpha value is 0.210. The summed E-state index contributed by atoms with van der Waals surface area (Å²) in [6.07, 6.45) is 0.691. The molecule has 2 nitrogen and oxygen atoms in total. The third-order valence-electron chi connectivity index (χ3n) is 1.59. The molecule has 76 valence electrons. The van der Waals surface area contributed by atoms with Gasteiger partial charge in [-0.3, -0.25) is 24.0 Å². The van der Waals surface area contributed by atoms with Crippen molar-refractivity contribution in [3.05, 3.63) is 0 Å². The quantitative estimate of drug-likeness (QED) is 0.521. The third-order valence-corrected chi connectivity index (χ3v) is 2.96. The van der Waals surface area contributed by atoms with E-state index in [1.165, 1.54) is 0 Å². The van der Waals surface area contributed by atoms with Crippen molar-refractivity contribution < 1.29 is 9.59 Å². The highest BCUT2D eigenvalue weighted by atomic mass is 32.9. The molecule has 0 aromatic carbocycles. The van der Waals surface area contributed by atoms with Gasteiger partial charge in [-0.15, -0.1) is 0 Å². The normalized spacial score (nSPS) is 10.8. The molecular weight excluding hydrogens is 223 g/mol. The first kappa shape index (κ1) is 13.2. The summed E-state index contributed by atoms with van der Waals surface area (Å²) in [5.74, 6) is 0.601. The van der Waals surface area contributed by atoms with Crippen molar-refractivity contribution in [3.63, 3.8) is 0 Å². The zero-order valence-corrected chi connectivity index (χ0v) is 10.5. The summed E-state index contributed by atoms with van der Waals surface area (Å²) in [4.78, 5) is 22.3. The van der Waals surface area contributed by atoms with Crippen LogP contribution >= 0.6 is 8.02 Å². The predicted molar refractivity (Wildman–Crippen MR) is 62.0 cm³/mol. The van der Waals surface area contributed by atoms with Crippen molar-refractivity contribution >= 4 is 39.4 Å². The summed E-state index contributed by atoms with van der Waals surface area (Å²) >= 11 is 4.82. The van der Waals surface area contributed by atoms with Crippen LogP contribution in [0.4, 0.5) is 0 Å². The van der Waals surface area contributed by atoms with E-state index in [0.29, 0.717) is 18.6 Å². The summed E-state index contributed by atoms with van der Waals surface area (Å²) in [5.41, 5.74) is 0. The maximum atomic E-state index is 11.1. The smallest absolute Gasteiger partial charge is 0.135 e. The fourth-order valence-electron chi connectivity index (χ4n) is 0.770. The van der Waals surface area contributed by atoms with Crippen molar-refractivity contribution in [2.75, 3.05) is 5.75 Å². The minimum Gasteiger partial charge on any atom is -0.381 e. The molecule has 0 unspecified atom stereocenters. The Kier molecular flexibility index (Phi) is 6.74. The van der Waals surface area contributed by atoms with E-state index in [2.05, 4.69) is 8.02 Å². The second-order valence-electron chi connectivity index (χ2n) is 3.15. The van der Waals surface area contributed by atoms with E-state index in [9.17, 15) is 9.59 Å². The molecule has 0 atom stereocenters. The van der Waals surface area contributed by atoms with Gasteiger partial charge in [-0.2, -0.15) is 0 Å². The van der Waals surface area contributed by atoms with Crippen LogP contribution in [0.2, 0.25) is 0 Å². The first-order chi connectivity index (χ1) is 5.93. The summed E-state index contributed by atoms with van der Waals surface area (Å²) in [7, 11) is 2.75. The van der Waals surface area contributed by atoms with Gasteiger partial charge in [0, 0.05) is 18.8 Å². The van der Waals surface area contributed by atoms with Crippen molar-refractivity contribution in [1.29, 1.82) is 0 Å². The molecule has 0 aliphatic rings. The van der Waals surface area contributed by atoms with E-state index in [1.54, 1.807) is 0 Å². The van der Waals surface area contributed by atoms with Crippen LogP contribution in [-0.2, 0) is 29.4 Å². The number of ketones is 2. The van der Waals surface area contributed by atoms with Gasteiger partial charge in [0.1, 0.15) is 11.6 Å². The average Bonchev–Trinajstić information content (AvgIpc) is 1.98. The molecule has 0 N–H and O–H groups in total. The van der Waals surface area contributed by atoms with Crippen LogP contribution in [0, 0.1) is 5.92 Å². The highest BCUT2D eigenvalue weighted by Crippen LogP contribution is 2.02. The minimum absolute atomic E-state index is 0.0260. The van der Waals surface area contributed by atoms with Gasteiger partial charge in [0.05, 0.1) is 0 Å². The summed E-state index contributed by atoms with van der Waals surface area (Å²) in [5, 5.41) is 0. The topological polar surface area (TPSA) is 34.1 Å². The highest BCUT2D eigenvalue weighted by Gasteiger charge is 2.08. The molecule has 0 aromatic rings. The second-order valence-corrected chi connectivity index (χ2v) is 7.70. The van der Waals surface area contributed by atoms with Gasteiger partial charge in [-0.25, -0.2) is 0 Å². The molecular formula is C8H14O2PS2-. The molecule has 0 radical (unpaired) electrons. The van der Waals surface area contributed by atoms with E-state index >= 15 is 0 Å². The second kappa shape index (κ2) is 6.63. The lowest BCUT2D eigenvalue weighted by atomic mass is 10.0. The van der Waals surface area contributed by atoms with Crippen LogP contribution in [0.5, 0.6) is 0 Å². The molecule has 0 bridgehead atoms. The Morgan fingerprint density at radius 3 is 2.31 bits per heavy atom. The average molecular weight is 237 g/mol. The van der Waals surface area contributed by atoms with Crippen molar-refractivity contribution in [2.45, 2.75) is 26.7 Å². The van der Waals surface area contributed by atoms with Crippen molar-refractivity contribution in [2.24, 2.45) is 5.92 Å². The molecule has 0 fully saturated rings. The molecule has 0 saturated carbocycles. The van der Waals surface area contributed by atoms with Crippen LogP contribution < -0.4 is 0 Å². The molecule has 0 aliphatic carbocycles. The number of hydrogen-bond acceptors (Lipinski definition) is 4. The Balaban J connectivity index is 3.77. The van der Waals surface area contributed by atoms with Crippen molar-refractivity contribution in [3.8, 4) is 0 Å². The first-order valence-corrected chi connectivity index (χ1v) is 7.62. The number of carbonyl (C=O) groups is 2. The van der Waals surface area contributed by atoms with Gasteiger partial charge in [0.2, 0.25) is 0 Å². The summed E-state index contributed by atoms with van der Waals surface area (Å²) in [6, 6.07) is 0. The third kappa shape index (κ3) is 7.29. The van der Waals surface area contributed by atoms with E-state index < -0.39 is 8.63 Å². The first-order valence-electron chi connectivity index (χ1n) is 4.07. The summed E-state index contributed by atoms with van der Waals surface area (Å²) < 4.78 is 0. The van der Waals surface area contributed by atoms with E-state index in [0.717, 1.165) is 0 Å². The largest absolute Gasteiger partial charge is 0.381 e.